The molecule has 2 N–H and O–H groups in total. The van der Waals surface area contributed by atoms with Crippen molar-refractivity contribution in [2.24, 2.45) is 4.99 Å². The lowest BCUT2D eigenvalue weighted by atomic mass is 10.2. The first kappa shape index (κ1) is 18.7. The normalized spacial score (nSPS) is 11.7. The first-order valence-corrected chi connectivity index (χ1v) is 9.60. The second-order valence-corrected chi connectivity index (χ2v) is 6.60. The Hall–Kier alpha value is -3.68. The van der Waals surface area contributed by atoms with Gasteiger partial charge in [0.1, 0.15) is 5.82 Å². The van der Waals surface area contributed by atoms with Crippen LogP contribution in [0.15, 0.2) is 72.1 Å². The van der Waals surface area contributed by atoms with E-state index in [1.807, 2.05) is 47.3 Å². The average molecular weight is 388 g/mol. The average Bonchev–Trinajstić information content (AvgIpc) is 3.38. The molecule has 0 spiro atoms. The SMILES string of the molecule is CN=C(NCCc1nccn1Cc1ccccc1)NCc1nnc2ccccn12. The lowest BCUT2D eigenvalue weighted by Crippen LogP contribution is -2.38. The van der Waals surface area contributed by atoms with Crippen LogP contribution in [0.3, 0.4) is 0 Å². The van der Waals surface area contributed by atoms with Crippen molar-refractivity contribution in [1.82, 2.24) is 34.8 Å². The summed E-state index contributed by atoms with van der Waals surface area (Å²) in [5, 5.41) is 15.0. The lowest BCUT2D eigenvalue weighted by molar-refractivity contribution is 0.691. The maximum atomic E-state index is 4.50. The van der Waals surface area contributed by atoms with Crippen molar-refractivity contribution in [3.05, 3.63) is 84.3 Å². The predicted molar refractivity (Wildman–Crippen MR) is 113 cm³/mol. The molecule has 0 aliphatic carbocycles. The summed E-state index contributed by atoms with van der Waals surface area (Å²) in [7, 11) is 1.76. The van der Waals surface area contributed by atoms with E-state index in [1.165, 1.54) is 5.56 Å². The minimum atomic E-state index is 0.535. The summed E-state index contributed by atoms with van der Waals surface area (Å²) in [5.41, 5.74) is 2.09. The van der Waals surface area contributed by atoms with Crippen molar-refractivity contribution in [2.75, 3.05) is 13.6 Å². The molecule has 0 radical (unpaired) electrons. The molecule has 29 heavy (non-hydrogen) atoms. The van der Waals surface area contributed by atoms with Gasteiger partial charge in [-0.2, -0.15) is 0 Å². The van der Waals surface area contributed by atoms with Gasteiger partial charge in [-0.1, -0.05) is 36.4 Å². The smallest absolute Gasteiger partial charge is 0.191 e. The van der Waals surface area contributed by atoms with E-state index in [-0.39, 0.29) is 0 Å². The van der Waals surface area contributed by atoms with Crippen LogP contribution in [-0.2, 0) is 19.5 Å². The van der Waals surface area contributed by atoms with E-state index in [4.69, 9.17) is 0 Å². The first-order chi connectivity index (χ1) is 14.3. The molecule has 0 fully saturated rings. The van der Waals surface area contributed by atoms with Gasteiger partial charge in [0.2, 0.25) is 0 Å². The van der Waals surface area contributed by atoms with Gasteiger partial charge in [0.15, 0.2) is 17.4 Å². The Morgan fingerprint density at radius 1 is 0.966 bits per heavy atom. The molecule has 0 aliphatic heterocycles. The van der Waals surface area contributed by atoms with E-state index in [1.54, 1.807) is 7.05 Å². The van der Waals surface area contributed by atoms with E-state index in [0.717, 1.165) is 42.8 Å². The summed E-state index contributed by atoms with van der Waals surface area (Å²) in [5.74, 6) is 2.60. The molecule has 0 unspecified atom stereocenters. The molecule has 4 rings (SSSR count). The van der Waals surface area contributed by atoms with E-state index >= 15 is 0 Å². The molecule has 3 aromatic heterocycles. The Bertz CT molecular complexity index is 1080. The molecular weight excluding hydrogens is 364 g/mol. The van der Waals surface area contributed by atoms with Crippen molar-refractivity contribution in [3.63, 3.8) is 0 Å². The highest BCUT2D eigenvalue weighted by Crippen LogP contribution is 2.06. The number of guanidine groups is 1. The molecule has 148 valence electrons. The molecule has 3 heterocycles. The molecule has 8 heteroatoms. The molecule has 0 bridgehead atoms. The quantitative estimate of drug-likeness (QED) is 0.373. The van der Waals surface area contributed by atoms with Crippen molar-refractivity contribution in [3.8, 4) is 0 Å². The van der Waals surface area contributed by atoms with Gasteiger partial charge >= 0.3 is 0 Å². The standard InChI is InChI=1S/C21H24N8/c1-22-21(25-15-20-27-26-19-9-5-6-13-29(19)20)24-11-10-18-23-12-14-28(18)16-17-7-3-2-4-8-17/h2-9,12-14H,10-11,15-16H2,1H3,(H2,22,24,25). The van der Waals surface area contributed by atoms with Crippen LogP contribution >= 0.6 is 0 Å². The van der Waals surface area contributed by atoms with Crippen molar-refractivity contribution >= 4 is 11.6 Å². The zero-order valence-corrected chi connectivity index (χ0v) is 16.4. The van der Waals surface area contributed by atoms with E-state index in [0.29, 0.717) is 6.54 Å². The Balaban J connectivity index is 1.29. The van der Waals surface area contributed by atoms with Gasteiger partial charge in [0.25, 0.3) is 0 Å². The molecule has 0 atom stereocenters. The Kier molecular flexibility index (Phi) is 5.80. The third kappa shape index (κ3) is 4.60. The molecule has 8 nitrogen and oxygen atoms in total. The number of pyridine rings is 1. The number of hydrogen-bond acceptors (Lipinski definition) is 4. The van der Waals surface area contributed by atoms with Crippen LogP contribution in [0.5, 0.6) is 0 Å². The summed E-state index contributed by atoms with van der Waals surface area (Å²) in [6, 6.07) is 16.2. The summed E-state index contributed by atoms with van der Waals surface area (Å²) in [6.07, 6.45) is 6.62. The second-order valence-electron chi connectivity index (χ2n) is 6.60. The Morgan fingerprint density at radius 3 is 2.69 bits per heavy atom. The number of aliphatic imine (C=N–C) groups is 1. The van der Waals surface area contributed by atoms with E-state index in [2.05, 4.69) is 59.6 Å². The zero-order chi connectivity index (χ0) is 19.9. The third-order valence-corrected chi connectivity index (χ3v) is 4.66. The third-order valence-electron chi connectivity index (χ3n) is 4.66. The summed E-state index contributed by atoms with van der Waals surface area (Å²) in [4.78, 5) is 8.78. The molecule has 4 aromatic rings. The Labute approximate surface area is 169 Å². The monoisotopic (exact) mass is 388 g/mol. The highest BCUT2D eigenvalue weighted by Gasteiger charge is 2.07. The van der Waals surface area contributed by atoms with Gasteiger partial charge in [-0.3, -0.25) is 9.39 Å². The van der Waals surface area contributed by atoms with Crippen LogP contribution < -0.4 is 10.6 Å². The molecule has 0 aliphatic rings. The molecule has 0 saturated carbocycles. The molecule has 0 saturated heterocycles. The maximum Gasteiger partial charge on any atom is 0.191 e. The van der Waals surface area contributed by atoms with Crippen LogP contribution in [0.25, 0.3) is 5.65 Å². The summed E-state index contributed by atoms with van der Waals surface area (Å²) in [6.45, 7) is 2.09. The molecule has 0 amide bonds. The van der Waals surface area contributed by atoms with Gasteiger partial charge in [0, 0.05) is 45.1 Å². The fourth-order valence-electron chi connectivity index (χ4n) is 3.18. The van der Waals surface area contributed by atoms with Crippen molar-refractivity contribution < 1.29 is 0 Å². The minimum Gasteiger partial charge on any atom is -0.356 e. The van der Waals surface area contributed by atoms with Gasteiger partial charge in [0.05, 0.1) is 6.54 Å². The number of fused-ring (bicyclic) bond motifs is 1. The maximum absolute atomic E-state index is 4.50. The largest absolute Gasteiger partial charge is 0.356 e. The highest BCUT2D eigenvalue weighted by molar-refractivity contribution is 5.79. The predicted octanol–water partition coefficient (Wildman–Crippen LogP) is 1.88. The first-order valence-electron chi connectivity index (χ1n) is 9.60. The molecule has 1 aromatic carbocycles. The van der Waals surface area contributed by atoms with Crippen molar-refractivity contribution in [2.45, 2.75) is 19.5 Å². The number of imidazole rings is 1. The lowest BCUT2D eigenvalue weighted by Gasteiger charge is -2.12. The van der Waals surface area contributed by atoms with Crippen molar-refractivity contribution in [1.29, 1.82) is 0 Å². The fourth-order valence-corrected chi connectivity index (χ4v) is 3.18. The number of nitrogens with one attached hydrogen (secondary N) is 2. The number of benzene rings is 1. The van der Waals surface area contributed by atoms with Crippen LogP contribution in [0.4, 0.5) is 0 Å². The number of hydrogen-bond donors (Lipinski definition) is 2. The van der Waals surface area contributed by atoms with E-state index in [9.17, 15) is 0 Å². The van der Waals surface area contributed by atoms with Crippen LogP contribution in [-0.4, -0.2) is 43.7 Å². The number of nitrogens with zero attached hydrogens (tertiary/aromatic N) is 6. The van der Waals surface area contributed by atoms with Gasteiger partial charge in [-0.15, -0.1) is 10.2 Å². The van der Waals surface area contributed by atoms with Crippen LogP contribution in [0, 0.1) is 0 Å². The number of aromatic nitrogens is 5. The van der Waals surface area contributed by atoms with Gasteiger partial charge in [-0.25, -0.2) is 4.98 Å². The Morgan fingerprint density at radius 2 is 1.83 bits per heavy atom. The highest BCUT2D eigenvalue weighted by atomic mass is 15.3. The van der Waals surface area contributed by atoms with Crippen LogP contribution in [0.1, 0.15) is 17.2 Å². The molecular formula is C21H24N8. The van der Waals surface area contributed by atoms with Gasteiger partial charge < -0.3 is 15.2 Å². The topological polar surface area (TPSA) is 84.4 Å². The summed E-state index contributed by atoms with van der Waals surface area (Å²) >= 11 is 0. The van der Waals surface area contributed by atoms with E-state index < -0.39 is 0 Å². The summed E-state index contributed by atoms with van der Waals surface area (Å²) < 4.78 is 4.14. The van der Waals surface area contributed by atoms with Gasteiger partial charge in [-0.05, 0) is 17.7 Å². The second kappa shape index (κ2) is 9.01. The van der Waals surface area contributed by atoms with Crippen LogP contribution in [0.2, 0.25) is 0 Å². The fraction of sp³-hybridized carbons (Fsp3) is 0.238. The minimum absolute atomic E-state index is 0.535. The zero-order valence-electron chi connectivity index (χ0n) is 16.4. The number of rotatable bonds is 7.